The second kappa shape index (κ2) is 4.92. The highest BCUT2D eigenvalue weighted by molar-refractivity contribution is 6.99. The first-order valence-electron chi connectivity index (χ1n) is 4.52. The summed E-state index contributed by atoms with van der Waals surface area (Å²) < 4.78 is 8.10. The molecule has 0 aliphatic carbocycles. The second-order valence-corrected chi connectivity index (χ2v) is 3.67. The molecule has 1 atom stereocenters. The summed E-state index contributed by atoms with van der Waals surface area (Å²) in [5.74, 6) is 5.48. The molecule has 0 saturated carbocycles. The number of nitrogens with one attached hydrogen (secondary N) is 1. The Labute approximate surface area is 91.7 Å². The van der Waals surface area contributed by atoms with Crippen LogP contribution in [0.1, 0.15) is 17.3 Å². The summed E-state index contributed by atoms with van der Waals surface area (Å²) in [5, 5.41) is 0. The molecule has 2 heterocycles. The molecule has 0 fully saturated rings. The molecule has 0 aliphatic heterocycles. The molecular formula is C9H11N5S. The van der Waals surface area contributed by atoms with Crippen LogP contribution >= 0.6 is 11.7 Å². The molecule has 0 bridgehead atoms. The number of nitrogens with two attached hydrogens (primary N) is 1. The van der Waals surface area contributed by atoms with Crippen LogP contribution in [0.4, 0.5) is 0 Å². The Morgan fingerprint density at radius 1 is 1.47 bits per heavy atom. The first-order valence-corrected chi connectivity index (χ1v) is 5.25. The van der Waals surface area contributed by atoms with Gasteiger partial charge >= 0.3 is 0 Å². The van der Waals surface area contributed by atoms with E-state index in [1.54, 1.807) is 12.4 Å². The fourth-order valence-electron chi connectivity index (χ4n) is 1.33. The number of nitrogens with zero attached hydrogens (tertiary/aromatic N) is 3. The molecule has 78 valence electrons. The van der Waals surface area contributed by atoms with Crippen molar-refractivity contribution in [2.75, 3.05) is 0 Å². The van der Waals surface area contributed by atoms with Gasteiger partial charge in [0, 0.05) is 12.4 Å². The van der Waals surface area contributed by atoms with Gasteiger partial charge in [0.25, 0.3) is 0 Å². The third-order valence-corrected chi connectivity index (χ3v) is 2.59. The van der Waals surface area contributed by atoms with E-state index < -0.39 is 0 Å². The first-order chi connectivity index (χ1) is 7.40. The lowest BCUT2D eigenvalue weighted by atomic mass is 10.1. The van der Waals surface area contributed by atoms with Crippen LogP contribution in [0.25, 0.3) is 0 Å². The molecule has 2 aromatic heterocycles. The summed E-state index contributed by atoms with van der Waals surface area (Å²) >= 11 is 1.18. The Bertz CT molecular complexity index is 388. The van der Waals surface area contributed by atoms with Crippen molar-refractivity contribution < 1.29 is 0 Å². The zero-order valence-corrected chi connectivity index (χ0v) is 8.81. The maximum atomic E-state index is 5.48. The van der Waals surface area contributed by atoms with Crippen LogP contribution in [-0.4, -0.2) is 13.7 Å². The highest BCUT2D eigenvalue weighted by Crippen LogP contribution is 2.14. The summed E-state index contributed by atoms with van der Waals surface area (Å²) in [4.78, 5) is 4.05. The molecule has 0 aliphatic rings. The monoisotopic (exact) mass is 221 g/mol. The van der Waals surface area contributed by atoms with Gasteiger partial charge in [0.05, 0.1) is 29.7 Å². The third kappa shape index (κ3) is 2.56. The molecule has 0 radical (unpaired) electrons. The molecule has 0 amide bonds. The van der Waals surface area contributed by atoms with E-state index in [0.29, 0.717) is 0 Å². The Morgan fingerprint density at radius 2 is 2.40 bits per heavy atom. The number of hydrogen-bond donors (Lipinski definition) is 2. The van der Waals surface area contributed by atoms with Crippen LogP contribution in [0.5, 0.6) is 0 Å². The summed E-state index contributed by atoms with van der Waals surface area (Å²) in [6, 6.07) is 3.91. The Balaban J connectivity index is 2.10. The smallest absolute Gasteiger partial charge is 0.0929 e. The molecule has 5 nitrogen and oxygen atoms in total. The van der Waals surface area contributed by atoms with Crippen molar-refractivity contribution in [2.45, 2.75) is 12.5 Å². The number of rotatable bonds is 4. The van der Waals surface area contributed by atoms with Crippen molar-refractivity contribution in [3.63, 3.8) is 0 Å². The maximum absolute atomic E-state index is 5.48. The van der Waals surface area contributed by atoms with E-state index >= 15 is 0 Å². The van der Waals surface area contributed by atoms with E-state index in [1.165, 1.54) is 11.7 Å². The minimum atomic E-state index is -0.00653. The SMILES string of the molecule is NNC(Cc1cccnc1)c1cnsn1. The molecular weight excluding hydrogens is 210 g/mol. The normalized spacial score (nSPS) is 12.6. The van der Waals surface area contributed by atoms with Crippen LogP contribution in [0, 0.1) is 0 Å². The predicted molar refractivity (Wildman–Crippen MR) is 57.9 cm³/mol. The van der Waals surface area contributed by atoms with E-state index in [-0.39, 0.29) is 6.04 Å². The lowest BCUT2D eigenvalue weighted by Gasteiger charge is -2.12. The number of hydrogen-bond acceptors (Lipinski definition) is 6. The average molecular weight is 221 g/mol. The van der Waals surface area contributed by atoms with Gasteiger partial charge in [-0.05, 0) is 18.1 Å². The van der Waals surface area contributed by atoms with Gasteiger partial charge in [0.1, 0.15) is 0 Å². The second-order valence-electron chi connectivity index (χ2n) is 3.12. The van der Waals surface area contributed by atoms with Crippen molar-refractivity contribution in [3.05, 3.63) is 42.0 Å². The Morgan fingerprint density at radius 3 is 3.00 bits per heavy atom. The van der Waals surface area contributed by atoms with Crippen molar-refractivity contribution in [3.8, 4) is 0 Å². The van der Waals surface area contributed by atoms with Crippen LogP contribution in [0.15, 0.2) is 30.7 Å². The predicted octanol–water partition coefficient (Wildman–Crippen LogP) is 0.680. The van der Waals surface area contributed by atoms with Crippen LogP contribution in [-0.2, 0) is 6.42 Å². The number of pyridine rings is 1. The maximum Gasteiger partial charge on any atom is 0.0929 e. The summed E-state index contributed by atoms with van der Waals surface area (Å²) in [5.41, 5.74) is 4.72. The van der Waals surface area contributed by atoms with Gasteiger partial charge in [-0.3, -0.25) is 16.3 Å². The van der Waals surface area contributed by atoms with E-state index in [9.17, 15) is 0 Å². The number of aromatic nitrogens is 3. The van der Waals surface area contributed by atoms with Crippen LogP contribution in [0.2, 0.25) is 0 Å². The summed E-state index contributed by atoms with van der Waals surface area (Å²) in [6.07, 6.45) is 6.06. The van der Waals surface area contributed by atoms with Crippen LogP contribution < -0.4 is 11.3 Å². The summed E-state index contributed by atoms with van der Waals surface area (Å²) in [6.45, 7) is 0. The van der Waals surface area contributed by atoms with Gasteiger partial charge in [-0.1, -0.05) is 6.07 Å². The van der Waals surface area contributed by atoms with Gasteiger partial charge in [0.2, 0.25) is 0 Å². The molecule has 1 unspecified atom stereocenters. The third-order valence-electron chi connectivity index (χ3n) is 2.10. The van der Waals surface area contributed by atoms with Crippen molar-refractivity contribution in [1.82, 2.24) is 19.2 Å². The van der Waals surface area contributed by atoms with Gasteiger partial charge in [-0.2, -0.15) is 8.75 Å². The molecule has 0 aromatic carbocycles. The van der Waals surface area contributed by atoms with Gasteiger partial charge < -0.3 is 0 Å². The van der Waals surface area contributed by atoms with Crippen molar-refractivity contribution >= 4 is 11.7 Å². The Hall–Kier alpha value is -1.37. The average Bonchev–Trinajstić information content (AvgIpc) is 2.81. The first kappa shape index (κ1) is 10.2. The fraction of sp³-hybridized carbons (Fsp3) is 0.222. The van der Waals surface area contributed by atoms with E-state index in [0.717, 1.165) is 17.7 Å². The quantitative estimate of drug-likeness (QED) is 0.586. The molecule has 0 saturated heterocycles. The molecule has 6 heteroatoms. The highest BCUT2D eigenvalue weighted by atomic mass is 32.1. The highest BCUT2D eigenvalue weighted by Gasteiger charge is 2.12. The summed E-state index contributed by atoms with van der Waals surface area (Å²) in [7, 11) is 0. The lowest BCUT2D eigenvalue weighted by molar-refractivity contribution is 0.541. The lowest BCUT2D eigenvalue weighted by Crippen LogP contribution is -2.29. The van der Waals surface area contributed by atoms with Crippen molar-refractivity contribution in [1.29, 1.82) is 0 Å². The zero-order valence-electron chi connectivity index (χ0n) is 8.00. The number of hydrazine groups is 1. The van der Waals surface area contributed by atoms with Gasteiger partial charge in [0.15, 0.2) is 0 Å². The van der Waals surface area contributed by atoms with Gasteiger partial charge in [-0.25, -0.2) is 0 Å². The largest absolute Gasteiger partial charge is 0.271 e. The topological polar surface area (TPSA) is 76.7 Å². The minimum Gasteiger partial charge on any atom is -0.271 e. The minimum absolute atomic E-state index is 0.00653. The zero-order chi connectivity index (χ0) is 10.5. The van der Waals surface area contributed by atoms with E-state index in [2.05, 4.69) is 19.2 Å². The van der Waals surface area contributed by atoms with Crippen LogP contribution in [0.3, 0.4) is 0 Å². The molecule has 0 spiro atoms. The Kier molecular flexibility index (Phi) is 3.33. The standard InChI is InChI=1S/C9H11N5S/c10-13-8(9-6-12-15-14-9)4-7-2-1-3-11-5-7/h1-3,5-6,8,13H,4,10H2. The molecule has 3 N–H and O–H groups in total. The molecule has 2 rings (SSSR count). The fourth-order valence-corrected chi connectivity index (χ4v) is 1.80. The van der Waals surface area contributed by atoms with Crippen molar-refractivity contribution in [2.24, 2.45) is 5.84 Å². The van der Waals surface area contributed by atoms with E-state index in [1.807, 2.05) is 18.3 Å². The van der Waals surface area contributed by atoms with Gasteiger partial charge in [-0.15, -0.1) is 0 Å². The molecule has 2 aromatic rings. The molecule has 15 heavy (non-hydrogen) atoms. The van der Waals surface area contributed by atoms with E-state index in [4.69, 9.17) is 5.84 Å².